The monoisotopic (exact) mass is 1020 g/mol. The molecule has 17 rings (SSSR count). The first-order valence-electron chi connectivity index (χ1n) is 29.6. The van der Waals surface area contributed by atoms with Gasteiger partial charge in [0.05, 0.1) is 12.2 Å². The van der Waals surface area contributed by atoms with E-state index < -0.39 is 0 Å². The molecule has 0 aromatic carbocycles. The number of aromatic nitrogens is 1. The van der Waals surface area contributed by atoms with Crippen LogP contribution in [-0.4, -0.2) is 44.8 Å². The number of thiophene rings is 1. The Labute approximate surface area is 446 Å². The molecule has 8 heteroatoms. The number of nitrogens with zero attached hydrogens (tertiary/aromatic N) is 3. The molecule has 2 fully saturated rings. The molecule has 0 spiro atoms. The Balaban J connectivity index is 0.787. The Bertz CT molecular complexity index is 3160. The Morgan fingerprint density at radius 3 is 2.62 bits per heavy atom. The Morgan fingerprint density at radius 1 is 0.753 bits per heavy atom. The summed E-state index contributed by atoms with van der Waals surface area (Å²) in [5.74, 6) is 3.65. The van der Waals surface area contributed by atoms with Crippen molar-refractivity contribution < 1.29 is 0 Å². The average molecular weight is 1020 g/mol. The van der Waals surface area contributed by atoms with Crippen molar-refractivity contribution in [1.82, 2.24) is 20.1 Å². The van der Waals surface area contributed by atoms with Gasteiger partial charge in [-0.2, -0.15) is 5.26 Å². The molecule has 4 aliphatic heterocycles. The van der Waals surface area contributed by atoms with Gasteiger partial charge in [0.2, 0.25) is 0 Å². The van der Waals surface area contributed by atoms with E-state index in [4.69, 9.17) is 0 Å². The van der Waals surface area contributed by atoms with Gasteiger partial charge in [-0.1, -0.05) is 67.0 Å². The summed E-state index contributed by atoms with van der Waals surface area (Å²) < 4.78 is 3.05. The summed E-state index contributed by atoms with van der Waals surface area (Å²) in [5, 5.41) is 22.0. The van der Waals surface area contributed by atoms with Gasteiger partial charge in [0.25, 0.3) is 0 Å². The number of nitrogens with one attached hydrogen (secondary N) is 2. The lowest BCUT2D eigenvalue weighted by Gasteiger charge is -2.45. The van der Waals surface area contributed by atoms with Gasteiger partial charge in [0, 0.05) is 119 Å². The van der Waals surface area contributed by atoms with Crippen LogP contribution in [0.15, 0.2) is 103 Å². The lowest BCUT2D eigenvalue weighted by molar-refractivity contribution is 0.181. The normalized spacial score (nSPS) is 36.0. The van der Waals surface area contributed by atoms with Crippen LogP contribution in [0.4, 0.5) is 0 Å². The second-order valence-corrected chi connectivity index (χ2v) is 28.7. The number of hydrogen-bond acceptors (Lipinski definition) is 7. The number of allylic oxidation sites excluding steroid dienone is 12. The minimum atomic E-state index is 0.142. The van der Waals surface area contributed by atoms with Crippen LogP contribution in [0.3, 0.4) is 0 Å². The highest BCUT2D eigenvalue weighted by molar-refractivity contribution is 8.04. The molecule has 2 aromatic rings. The molecular formula is C65H71N5S3. The highest BCUT2D eigenvalue weighted by atomic mass is 32.2. The standard InChI is InChI=1S/C65H71N5S3/c66-33-37-31-45-50(32-49(37)69-46-18-8-4-15-40(46)57-47(69)26-28-54-59(57)41-16-6-10-20-52(41)71-54)70-48-27-29-55-60(42-17-7-11-21-53(42)72-55)58(48)44-25-24-43-61(62(43)64(44)70)63(45)68-65(36-12-2-1-3-13-36)67-34-35-22-23-39-38-14-5-9-19-51(38)73-56(39)30-35/h7,10,12,17,19-20,22,26,28,38-40,43,45-46,50,54,56,59,63,65,67-68H,1-6,8-9,11,13-16,18,21,23-25,27,29-32,34H2. The number of nitriles is 1. The number of thioether (sulfide) groups is 2. The summed E-state index contributed by atoms with van der Waals surface area (Å²) in [5.41, 5.74) is 23.9. The lowest BCUT2D eigenvalue weighted by Crippen LogP contribution is -2.54. The first-order chi connectivity index (χ1) is 36.2. The second-order valence-electron chi connectivity index (χ2n) is 25.0. The molecule has 0 amide bonds. The third-order valence-corrected chi connectivity index (χ3v) is 25.9. The van der Waals surface area contributed by atoms with Gasteiger partial charge in [-0.15, -0.1) is 34.9 Å². The largest absolute Gasteiger partial charge is 0.340 e. The minimum absolute atomic E-state index is 0.142. The van der Waals surface area contributed by atoms with Gasteiger partial charge in [-0.3, -0.25) is 10.6 Å². The predicted molar refractivity (Wildman–Crippen MR) is 303 cm³/mol. The highest BCUT2D eigenvalue weighted by Crippen LogP contribution is 2.66. The molecule has 1 saturated carbocycles. The number of fused-ring (bicyclic) bond motifs is 18. The molecule has 0 radical (unpaired) electrons. The third-order valence-electron chi connectivity index (χ3n) is 21.6. The van der Waals surface area contributed by atoms with Crippen LogP contribution >= 0.6 is 34.9 Å². The van der Waals surface area contributed by atoms with Gasteiger partial charge in [-0.25, -0.2) is 0 Å². The quantitative estimate of drug-likeness (QED) is 0.213. The summed E-state index contributed by atoms with van der Waals surface area (Å²) in [6.07, 6.45) is 51.0. The van der Waals surface area contributed by atoms with E-state index >= 15 is 0 Å². The van der Waals surface area contributed by atoms with E-state index in [-0.39, 0.29) is 12.2 Å². The zero-order valence-corrected chi connectivity index (χ0v) is 45.1. The molecule has 6 heterocycles. The third kappa shape index (κ3) is 6.60. The van der Waals surface area contributed by atoms with Gasteiger partial charge in [0.15, 0.2) is 0 Å². The molecule has 1 saturated heterocycles. The topological polar surface area (TPSA) is 56.0 Å². The Morgan fingerprint density at radius 2 is 1.67 bits per heavy atom. The van der Waals surface area contributed by atoms with Gasteiger partial charge in [0.1, 0.15) is 0 Å². The summed E-state index contributed by atoms with van der Waals surface area (Å²) in [6.45, 7) is 0.975. The van der Waals surface area contributed by atoms with Crippen LogP contribution in [0.1, 0.15) is 160 Å². The molecule has 5 nitrogen and oxygen atoms in total. The predicted octanol–water partition coefficient (Wildman–Crippen LogP) is 14.9. The van der Waals surface area contributed by atoms with E-state index in [1.54, 1.807) is 86.6 Å². The van der Waals surface area contributed by atoms with Crippen LogP contribution in [0.25, 0.3) is 22.8 Å². The zero-order chi connectivity index (χ0) is 47.6. The van der Waals surface area contributed by atoms with Gasteiger partial charge in [-0.05, 0) is 190 Å². The van der Waals surface area contributed by atoms with E-state index in [1.807, 2.05) is 0 Å². The smallest absolute Gasteiger partial charge is 0.0965 e. The Kier molecular flexibility index (Phi) is 10.4. The molecule has 73 heavy (non-hydrogen) atoms. The molecule has 0 bridgehead atoms. The maximum absolute atomic E-state index is 11.8. The molecule has 374 valence electrons. The van der Waals surface area contributed by atoms with Crippen LogP contribution in [0, 0.1) is 46.8 Å². The van der Waals surface area contributed by atoms with Crippen molar-refractivity contribution in [2.75, 3.05) is 6.54 Å². The van der Waals surface area contributed by atoms with Crippen molar-refractivity contribution >= 4 is 46.5 Å². The molecular weight excluding hydrogens is 947 g/mol. The van der Waals surface area contributed by atoms with Crippen LogP contribution in [0.2, 0.25) is 0 Å². The molecule has 2 N–H and O–H groups in total. The minimum Gasteiger partial charge on any atom is -0.340 e. The van der Waals surface area contributed by atoms with Crippen molar-refractivity contribution in [2.45, 2.75) is 182 Å². The van der Waals surface area contributed by atoms with Gasteiger partial charge < -0.3 is 9.47 Å². The second kappa shape index (κ2) is 17.1. The zero-order valence-electron chi connectivity index (χ0n) is 42.7. The first kappa shape index (κ1) is 44.4. The van der Waals surface area contributed by atoms with E-state index in [2.05, 4.69) is 116 Å². The van der Waals surface area contributed by atoms with Crippen molar-refractivity contribution in [3.05, 3.63) is 136 Å². The SMILES string of the molecule is N#CC1=C(N2C3=C(C4CCCCC42)C2C4=C(C=CCC4)SC2C=C3)CC2C(C1)C(NC(NCC1=CCC3C(C1)SC1=CCCCC13)C1=CCCCC1)C1=C3c4c(c5c(n42)CCc2sc4c(c2-5)C=CCC4)CCC31. The fourth-order valence-electron chi connectivity index (χ4n) is 18.6. The average Bonchev–Trinajstić information content (AvgIpc) is 3.96. The highest BCUT2D eigenvalue weighted by Gasteiger charge is 2.58. The van der Waals surface area contributed by atoms with Crippen molar-refractivity contribution in [3.8, 4) is 17.2 Å². The first-order valence-corrected chi connectivity index (χ1v) is 32.2. The summed E-state index contributed by atoms with van der Waals surface area (Å²) >= 11 is 6.53. The van der Waals surface area contributed by atoms with Gasteiger partial charge >= 0.3 is 0 Å². The van der Waals surface area contributed by atoms with Crippen molar-refractivity contribution in [2.24, 2.45) is 35.5 Å². The van der Waals surface area contributed by atoms with Crippen LogP contribution in [-0.2, 0) is 25.7 Å². The maximum atomic E-state index is 11.8. The number of aryl methyl sites for hydroxylation is 2. The van der Waals surface area contributed by atoms with Crippen LogP contribution in [0.5, 0.6) is 0 Å². The number of rotatable bonds is 7. The van der Waals surface area contributed by atoms with E-state index in [1.165, 1.54) is 133 Å². The maximum Gasteiger partial charge on any atom is 0.0965 e. The van der Waals surface area contributed by atoms with E-state index in [9.17, 15) is 5.26 Å². The van der Waals surface area contributed by atoms with Crippen LogP contribution < -0.4 is 10.6 Å². The summed E-state index contributed by atoms with van der Waals surface area (Å²) in [4.78, 5) is 9.45. The molecule has 12 atom stereocenters. The van der Waals surface area contributed by atoms with Crippen molar-refractivity contribution in [3.63, 3.8) is 0 Å². The molecule has 12 unspecified atom stereocenters. The summed E-state index contributed by atoms with van der Waals surface area (Å²) in [6, 6.07) is 4.07. The van der Waals surface area contributed by atoms with E-state index in [0.717, 1.165) is 54.9 Å². The Hall–Kier alpha value is -3.71. The lowest BCUT2D eigenvalue weighted by atomic mass is 9.72. The van der Waals surface area contributed by atoms with Crippen molar-refractivity contribution in [1.29, 1.82) is 5.26 Å². The molecule has 11 aliphatic carbocycles. The fourth-order valence-corrected chi connectivity index (χ4v) is 23.1. The van der Waals surface area contributed by atoms with E-state index in [0.29, 0.717) is 41.0 Å². The molecule has 2 aromatic heterocycles. The summed E-state index contributed by atoms with van der Waals surface area (Å²) in [7, 11) is 0. The fraction of sp³-hybridized carbons (Fsp3) is 0.554. The molecule has 15 aliphatic rings. The number of hydrogen-bond donors (Lipinski definition) is 2.